The quantitative estimate of drug-likeness (QED) is 0.793. The van der Waals surface area contributed by atoms with Crippen molar-refractivity contribution in [3.8, 4) is 0 Å². The first-order chi connectivity index (χ1) is 9.93. The topological polar surface area (TPSA) is 61.4 Å². The van der Waals surface area contributed by atoms with Crippen molar-refractivity contribution in [1.82, 2.24) is 10.6 Å². The second kappa shape index (κ2) is 6.58. The molecule has 1 aliphatic heterocycles. The zero-order valence-corrected chi connectivity index (χ0v) is 13.2. The molecule has 1 aliphatic rings. The molecule has 0 fully saturated rings. The van der Waals surface area contributed by atoms with Crippen LogP contribution in [-0.2, 0) is 13.0 Å². The maximum absolute atomic E-state index is 12.6. The first kappa shape index (κ1) is 16.0. The van der Waals surface area contributed by atoms with Crippen LogP contribution in [0, 0.1) is 5.41 Å². The van der Waals surface area contributed by atoms with Gasteiger partial charge in [0.1, 0.15) is 0 Å². The van der Waals surface area contributed by atoms with E-state index in [1.54, 1.807) is 0 Å². The number of aliphatic hydroxyl groups is 1. The Morgan fingerprint density at radius 2 is 2.19 bits per heavy atom. The number of hydrogen-bond donors (Lipinski definition) is 3. The number of rotatable bonds is 4. The van der Waals surface area contributed by atoms with Crippen molar-refractivity contribution in [2.75, 3.05) is 13.2 Å². The van der Waals surface area contributed by atoms with Crippen LogP contribution in [0.1, 0.15) is 48.7 Å². The van der Waals surface area contributed by atoms with E-state index < -0.39 is 0 Å². The predicted molar refractivity (Wildman–Crippen MR) is 84.3 cm³/mol. The van der Waals surface area contributed by atoms with Crippen molar-refractivity contribution in [1.29, 1.82) is 0 Å². The number of nitrogens with one attached hydrogen (secondary N) is 2. The maximum atomic E-state index is 12.6. The molecule has 0 radical (unpaired) electrons. The third-order valence-electron chi connectivity index (χ3n) is 4.15. The molecular formula is C17H26N2O2. The van der Waals surface area contributed by atoms with Gasteiger partial charge in [0.25, 0.3) is 5.91 Å². The van der Waals surface area contributed by atoms with Crippen molar-refractivity contribution < 1.29 is 9.90 Å². The van der Waals surface area contributed by atoms with Crippen LogP contribution in [0.2, 0.25) is 0 Å². The largest absolute Gasteiger partial charge is 0.396 e. The SMILES string of the molecule is CC(C)(C)C(CCO)NC(=O)c1cccc2c1CCNC2. The highest BCUT2D eigenvalue weighted by atomic mass is 16.3. The first-order valence-corrected chi connectivity index (χ1v) is 7.66. The summed E-state index contributed by atoms with van der Waals surface area (Å²) in [5, 5.41) is 15.6. The fourth-order valence-electron chi connectivity index (χ4n) is 2.83. The lowest BCUT2D eigenvalue weighted by Crippen LogP contribution is -2.44. The minimum atomic E-state index is -0.0746. The number of hydrogen-bond acceptors (Lipinski definition) is 3. The Morgan fingerprint density at radius 3 is 2.86 bits per heavy atom. The summed E-state index contributed by atoms with van der Waals surface area (Å²) in [5.41, 5.74) is 3.07. The molecule has 2 rings (SSSR count). The standard InChI is InChI=1S/C17H26N2O2/c1-17(2,3)15(8-10-20)19-16(21)14-6-4-5-12-11-18-9-7-13(12)14/h4-6,15,18,20H,7-11H2,1-3H3,(H,19,21). The molecule has 4 nitrogen and oxygen atoms in total. The summed E-state index contributed by atoms with van der Waals surface area (Å²) < 4.78 is 0. The fraction of sp³-hybridized carbons (Fsp3) is 0.588. The molecule has 0 aliphatic carbocycles. The molecule has 1 unspecified atom stereocenters. The second-order valence-corrected chi connectivity index (χ2v) is 6.77. The Bertz CT molecular complexity index is 506. The number of benzene rings is 1. The summed E-state index contributed by atoms with van der Waals surface area (Å²) >= 11 is 0. The van der Waals surface area contributed by atoms with Gasteiger partial charge >= 0.3 is 0 Å². The molecule has 116 valence electrons. The van der Waals surface area contributed by atoms with Gasteiger partial charge in [0, 0.05) is 24.8 Å². The van der Waals surface area contributed by atoms with E-state index in [4.69, 9.17) is 0 Å². The molecule has 1 amide bonds. The lowest BCUT2D eigenvalue weighted by atomic mass is 9.84. The lowest BCUT2D eigenvalue weighted by molar-refractivity contribution is 0.0884. The van der Waals surface area contributed by atoms with Crippen LogP contribution in [0.15, 0.2) is 18.2 Å². The van der Waals surface area contributed by atoms with Gasteiger partial charge in [-0.3, -0.25) is 4.79 Å². The van der Waals surface area contributed by atoms with E-state index in [-0.39, 0.29) is 24.0 Å². The van der Waals surface area contributed by atoms with Gasteiger partial charge in [-0.05, 0) is 42.0 Å². The Morgan fingerprint density at radius 1 is 1.43 bits per heavy atom. The lowest BCUT2D eigenvalue weighted by Gasteiger charge is -2.31. The molecule has 1 aromatic rings. The van der Waals surface area contributed by atoms with Gasteiger partial charge in [0.2, 0.25) is 0 Å². The van der Waals surface area contributed by atoms with E-state index in [0.717, 1.165) is 30.6 Å². The molecule has 0 bridgehead atoms. The maximum Gasteiger partial charge on any atom is 0.251 e. The van der Waals surface area contributed by atoms with Gasteiger partial charge < -0.3 is 15.7 Å². The van der Waals surface area contributed by atoms with Crippen molar-refractivity contribution in [3.05, 3.63) is 34.9 Å². The Kier molecular flexibility index (Phi) is 5.01. The summed E-state index contributed by atoms with van der Waals surface area (Å²) in [4.78, 5) is 12.6. The highest BCUT2D eigenvalue weighted by Gasteiger charge is 2.27. The normalized spacial score (nSPS) is 16.2. The van der Waals surface area contributed by atoms with Crippen LogP contribution in [0.4, 0.5) is 0 Å². The number of aliphatic hydroxyl groups excluding tert-OH is 1. The van der Waals surface area contributed by atoms with Crippen LogP contribution in [0.3, 0.4) is 0 Å². The Balaban J connectivity index is 2.20. The van der Waals surface area contributed by atoms with E-state index in [0.29, 0.717) is 6.42 Å². The summed E-state index contributed by atoms with van der Waals surface area (Å²) in [6, 6.07) is 5.89. The van der Waals surface area contributed by atoms with Gasteiger partial charge in [-0.15, -0.1) is 0 Å². The molecule has 0 saturated heterocycles. The van der Waals surface area contributed by atoms with Crippen LogP contribution in [0.25, 0.3) is 0 Å². The number of carbonyl (C=O) groups is 1. The average molecular weight is 290 g/mol. The van der Waals surface area contributed by atoms with Crippen molar-refractivity contribution >= 4 is 5.91 Å². The molecule has 1 aromatic carbocycles. The van der Waals surface area contributed by atoms with Gasteiger partial charge in [0.05, 0.1) is 0 Å². The molecule has 0 spiro atoms. The highest BCUT2D eigenvalue weighted by Crippen LogP contribution is 2.23. The van der Waals surface area contributed by atoms with E-state index in [2.05, 4.69) is 37.5 Å². The van der Waals surface area contributed by atoms with E-state index in [1.165, 1.54) is 5.56 Å². The van der Waals surface area contributed by atoms with E-state index >= 15 is 0 Å². The third kappa shape index (κ3) is 3.83. The summed E-state index contributed by atoms with van der Waals surface area (Å²) in [6.45, 7) is 8.07. The zero-order valence-electron chi connectivity index (χ0n) is 13.2. The third-order valence-corrected chi connectivity index (χ3v) is 4.15. The number of amides is 1. The van der Waals surface area contributed by atoms with Crippen LogP contribution >= 0.6 is 0 Å². The van der Waals surface area contributed by atoms with Crippen LogP contribution in [0.5, 0.6) is 0 Å². The number of fused-ring (bicyclic) bond motifs is 1. The molecule has 0 saturated carbocycles. The predicted octanol–water partition coefficient (Wildman–Crippen LogP) is 1.86. The fourth-order valence-corrected chi connectivity index (χ4v) is 2.83. The molecule has 3 N–H and O–H groups in total. The van der Waals surface area contributed by atoms with Crippen molar-refractivity contribution in [2.45, 2.75) is 46.2 Å². The Labute approximate surface area is 126 Å². The minimum Gasteiger partial charge on any atom is -0.396 e. The molecule has 0 aromatic heterocycles. The molecule has 21 heavy (non-hydrogen) atoms. The van der Waals surface area contributed by atoms with E-state index in [9.17, 15) is 9.90 Å². The smallest absolute Gasteiger partial charge is 0.251 e. The second-order valence-electron chi connectivity index (χ2n) is 6.77. The summed E-state index contributed by atoms with van der Waals surface area (Å²) in [7, 11) is 0. The summed E-state index contributed by atoms with van der Waals surface area (Å²) in [6.07, 6.45) is 1.46. The summed E-state index contributed by atoms with van der Waals surface area (Å²) in [5.74, 6) is -0.0258. The van der Waals surface area contributed by atoms with Crippen molar-refractivity contribution in [2.24, 2.45) is 5.41 Å². The van der Waals surface area contributed by atoms with Gasteiger partial charge in [-0.2, -0.15) is 0 Å². The Hall–Kier alpha value is -1.39. The molecule has 1 atom stereocenters. The van der Waals surface area contributed by atoms with Crippen LogP contribution < -0.4 is 10.6 Å². The zero-order chi connectivity index (χ0) is 15.5. The van der Waals surface area contributed by atoms with Crippen LogP contribution in [-0.4, -0.2) is 30.2 Å². The minimum absolute atomic E-state index is 0.0258. The van der Waals surface area contributed by atoms with Gasteiger partial charge in [-0.1, -0.05) is 32.9 Å². The van der Waals surface area contributed by atoms with Gasteiger partial charge in [0.15, 0.2) is 0 Å². The molecule has 4 heteroatoms. The molecule has 1 heterocycles. The van der Waals surface area contributed by atoms with Gasteiger partial charge in [-0.25, -0.2) is 0 Å². The molecular weight excluding hydrogens is 264 g/mol. The average Bonchev–Trinajstić information content (AvgIpc) is 2.45. The van der Waals surface area contributed by atoms with E-state index in [1.807, 2.05) is 12.1 Å². The number of carbonyl (C=O) groups excluding carboxylic acids is 1. The highest BCUT2D eigenvalue weighted by molar-refractivity contribution is 5.96. The monoisotopic (exact) mass is 290 g/mol. The van der Waals surface area contributed by atoms with Crippen molar-refractivity contribution in [3.63, 3.8) is 0 Å². The first-order valence-electron chi connectivity index (χ1n) is 7.66.